The Balaban J connectivity index is 1.43. The number of benzene rings is 2. The fraction of sp³-hybridized carbons (Fsp3) is 0.344. The highest BCUT2D eigenvalue weighted by Crippen LogP contribution is 2.44. The third-order valence-corrected chi connectivity index (χ3v) is 8.14. The first-order valence-electron chi connectivity index (χ1n) is 14.2. The lowest BCUT2D eigenvalue weighted by molar-refractivity contribution is -0.134. The van der Waals surface area contributed by atoms with Crippen molar-refractivity contribution in [2.45, 2.75) is 64.2 Å². The summed E-state index contributed by atoms with van der Waals surface area (Å²) in [7, 11) is 0. The Labute approximate surface area is 240 Å². The van der Waals surface area contributed by atoms with E-state index >= 15 is 0 Å². The second-order valence-electron chi connectivity index (χ2n) is 10.7. The van der Waals surface area contributed by atoms with Crippen LogP contribution >= 0.6 is 0 Å². The minimum Gasteiger partial charge on any atom is -0.494 e. The van der Waals surface area contributed by atoms with Gasteiger partial charge in [0.15, 0.2) is 0 Å². The molecule has 3 heterocycles. The maximum Gasteiger partial charge on any atom is 0.389 e. The van der Waals surface area contributed by atoms with Crippen LogP contribution in [0, 0.1) is 0 Å². The van der Waals surface area contributed by atoms with E-state index in [4.69, 9.17) is 4.74 Å². The van der Waals surface area contributed by atoms with Crippen LogP contribution in [-0.4, -0.2) is 39.3 Å². The molecule has 7 nitrogen and oxygen atoms in total. The van der Waals surface area contributed by atoms with Gasteiger partial charge in [0.1, 0.15) is 0 Å². The molecule has 0 saturated carbocycles. The first-order valence-corrected chi connectivity index (χ1v) is 14.2. The number of alkyl halides is 3. The van der Waals surface area contributed by atoms with Crippen LogP contribution in [0.25, 0.3) is 22.0 Å². The number of ether oxygens (including phenoxy) is 1. The smallest absolute Gasteiger partial charge is 0.389 e. The van der Waals surface area contributed by atoms with Crippen LogP contribution in [-0.2, 0) is 30.5 Å². The van der Waals surface area contributed by atoms with Crippen molar-refractivity contribution in [2.24, 2.45) is 0 Å². The molecule has 1 amide bonds. The van der Waals surface area contributed by atoms with E-state index in [1.165, 1.54) is 5.56 Å². The molecular weight excluding hydrogens is 547 g/mol. The van der Waals surface area contributed by atoms with Gasteiger partial charge in [-0.05, 0) is 67.9 Å². The lowest BCUT2D eigenvalue weighted by atomic mass is 9.92. The van der Waals surface area contributed by atoms with E-state index in [0.29, 0.717) is 35.0 Å². The second-order valence-corrected chi connectivity index (χ2v) is 10.7. The van der Waals surface area contributed by atoms with Gasteiger partial charge in [-0.1, -0.05) is 36.4 Å². The molecule has 4 aromatic rings. The van der Waals surface area contributed by atoms with Gasteiger partial charge in [0, 0.05) is 29.8 Å². The molecule has 0 spiro atoms. The molecular formula is C32H30F3N3O4. The standard InChI is InChI=1S/C32H30F3N3O4/c1-2-42-31(41)26-23(15-16-32(33,34)35)36-28-24-8-5-17-38(24)30(40)27(28)25(26)19-9-11-20(12-10-19)29(39)37-22-14-13-18-6-3-4-7-21(18)22/h3-4,6-7,9-12,22,40H,2,5,8,13-17H2,1H3,(H,37,39)/t22-/m1/s1. The monoisotopic (exact) mass is 577 g/mol. The molecule has 10 heteroatoms. The van der Waals surface area contributed by atoms with Crippen molar-refractivity contribution in [3.63, 3.8) is 0 Å². The molecule has 1 atom stereocenters. The third kappa shape index (κ3) is 4.99. The van der Waals surface area contributed by atoms with Crippen molar-refractivity contribution < 1.29 is 32.6 Å². The zero-order chi connectivity index (χ0) is 29.6. The van der Waals surface area contributed by atoms with E-state index in [2.05, 4.69) is 16.4 Å². The minimum absolute atomic E-state index is 0.0106. The molecule has 1 aliphatic carbocycles. The molecule has 0 bridgehead atoms. The number of carbonyl (C=O) groups is 2. The molecule has 0 radical (unpaired) electrons. The number of carbonyl (C=O) groups excluding carboxylic acids is 2. The highest BCUT2D eigenvalue weighted by Gasteiger charge is 2.33. The zero-order valence-corrected chi connectivity index (χ0v) is 23.1. The van der Waals surface area contributed by atoms with E-state index in [1.54, 1.807) is 35.8 Å². The predicted octanol–water partition coefficient (Wildman–Crippen LogP) is 6.44. The van der Waals surface area contributed by atoms with E-state index in [1.807, 2.05) is 18.2 Å². The Morgan fingerprint density at radius 3 is 2.62 bits per heavy atom. The maximum absolute atomic E-state index is 13.3. The number of hydrogen-bond donors (Lipinski definition) is 2. The van der Waals surface area contributed by atoms with Crippen molar-refractivity contribution in [1.82, 2.24) is 14.9 Å². The Kier molecular flexibility index (Phi) is 7.16. The number of nitrogens with one attached hydrogen (secondary N) is 1. The van der Waals surface area contributed by atoms with Crippen LogP contribution in [0.5, 0.6) is 5.88 Å². The van der Waals surface area contributed by atoms with Gasteiger partial charge < -0.3 is 19.7 Å². The number of fused-ring (bicyclic) bond motifs is 4. The molecule has 6 rings (SSSR count). The van der Waals surface area contributed by atoms with Gasteiger partial charge in [0.25, 0.3) is 5.91 Å². The number of aromatic nitrogens is 2. The Hall–Kier alpha value is -4.34. The van der Waals surface area contributed by atoms with Crippen molar-refractivity contribution in [1.29, 1.82) is 0 Å². The molecule has 0 unspecified atom stereocenters. The van der Waals surface area contributed by atoms with Gasteiger partial charge in [0.2, 0.25) is 5.88 Å². The number of nitrogens with zero attached hydrogens (tertiary/aromatic N) is 2. The Morgan fingerprint density at radius 2 is 1.88 bits per heavy atom. The number of hydrogen-bond acceptors (Lipinski definition) is 5. The molecule has 2 aromatic carbocycles. The van der Waals surface area contributed by atoms with Crippen molar-refractivity contribution >= 4 is 22.8 Å². The predicted molar refractivity (Wildman–Crippen MR) is 150 cm³/mol. The van der Waals surface area contributed by atoms with Gasteiger partial charge in [-0.2, -0.15) is 13.2 Å². The van der Waals surface area contributed by atoms with E-state index < -0.39 is 25.0 Å². The summed E-state index contributed by atoms with van der Waals surface area (Å²) in [4.78, 5) is 31.0. The second kappa shape index (κ2) is 10.8. The summed E-state index contributed by atoms with van der Waals surface area (Å²) >= 11 is 0. The summed E-state index contributed by atoms with van der Waals surface area (Å²) in [6.07, 6.45) is -3.08. The number of amides is 1. The van der Waals surface area contributed by atoms with E-state index in [-0.39, 0.29) is 41.3 Å². The lowest BCUT2D eigenvalue weighted by Gasteiger charge is -2.17. The van der Waals surface area contributed by atoms with Crippen molar-refractivity contribution in [3.8, 4) is 17.0 Å². The number of pyridine rings is 1. The summed E-state index contributed by atoms with van der Waals surface area (Å²) in [5, 5.41) is 14.6. The molecule has 0 fully saturated rings. The topological polar surface area (TPSA) is 93.4 Å². The van der Waals surface area contributed by atoms with Crippen LogP contribution in [0.1, 0.15) is 75.5 Å². The van der Waals surface area contributed by atoms with Crippen LogP contribution in [0.2, 0.25) is 0 Å². The molecule has 2 N–H and O–H groups in total. The van der Waals surface area contributed by atoms with Crippen LogP contribution in [0.4, 0.5) is 13.2 Å². The van der Waals surface area contributed by atoms with Gasteiger partial charge in [-0.15, -0.1) is 0 Å². The first kappa shape index (κ1) is 27.8. The molecule has 42 heavy (non-hydrogen) atoms. The summed E-state index contributed by atoms with van der Waals surface area (Å²) in [5.41, 5.74) is 4.39. The van der Waals surface area contributed by atoms with Crippen LogP contribution < -0.4 is 5.32 Å². The van der Waals surface area contributed by atoms with Gasteiger partial charge in [-0.3, -0.25) is 4.79 Å². The summed E-state index contributed by atoms with van der Waals surface area (Å²) in [6, 6.07) is 14.4. The van der Waals surface area contributed by atoms with Gasteiger partial charge in [-0.25, -0.2) is 9.78 Å². The normalized spacial score (nSPS) is 16.0. The zero-order valence-electron chi connectivity index (χ0n) is 23.1. The number of aromatic hydroxyl groups is 1. The van der Waals surface area contributed by atoms with E-state index in [9.17, 15) is 27.9 Å². The van der Waals surface area contributed by atoms with Crippen LogP contribution in [0.3, 0.4) is 0 Å². The first-order chi connectivity index (χ1) is 20.2. The Morgan fingerprint density at radius 1 is 1.12 bits per heavy atom. The molecule has 2 aromatic heterocycles. The van der Waals surface area contributed by atoms with Gasteiger partial charge >= 0.3 is 12.1 Å². The molecule has 2 aliphatic rings. The van der Waals surface area contributed by atoms with Crippen molar-refractivity contribution in [2.75, 3.05) is 6.61 Å². The number of aryl methyl sites for hydroxylation is 3. The number of halogens is 3. The third-order valence-electron chi connectivity index (χ3n) is 8.14. The number of esters is 1. The highest BCUT2D eigenvalue weighted by atomic mass is 19.4. The summed E-state index contributed by atoms with van der Waals surface area (Å²) in [5.74, 6) is -1.16. The fourth-order valence-corrected chi connectivity index (χ4v) is 6.24. The average Bonchev–Trinajstić information content (AvgIpc) is 3.68. The number of rotatable bonds is 7. The average molecular weight is 578 g/mol. The molecule has 218 valence electrons. The Bertz CT molecular complexity index is 1690. The molecule has 0 saturated heterocycles. The minimum atomic E-state index is -4.46. The maximum atomic E-state index is 13.3. The lowest BCUT2D eigenvalue weighted by Crippen LogP contribution is -2.27. The van der Waals surface area contributed by atoms with E-state index in [0.717, 1.165) is 30.5 Å². The SMILES string of the molecule is CCOC(=O)c1c(CCC(F)(F)F)nc2c3n(c(O)c2c1-c1ccc(C(=O)N[C@@H]2CCc4ccccc42)cc1)CCC3. The van der Waals surface area contributed by atoms with Crippen molar-refractivity contribution in [3.05, 3.63) is 82.2 Å². The quantitative estimate of drug-likeness (QED) is 0.247. The largest absolute Gasteiger partial charge is 0.494 e. The molecule has 1 aliphatic heterocycles. The summed E-state index contributed by atoms with van der Waals surface area (Å²) in [6.45, 7) is 2.16. The van der Waals surface area contributed by atoms with Gasteiger partial charge in [0.05, 0.1) is 34.8 Å². The highest BCUT2D eigenvalue weighted by molar-refractivity contribution is 6.11. The summed E-state index contributed by atoms with van der Waals surface area (Å²) < 4.78 is 46.9. The fourth-order valence-electron chi connectivity index (χ4n) is 6.24. The van der Waals surface area contributed by atoms with Crippen LogP contribution in [0.15, 0.2) is 48.5 Å².